The van der Waals surface area contributed by atoms with E-state index in [9.17, 15) is 0 Å². The Morgan fingerprint density at radius 3 is 2.83 bits per heavy atom. The van der Waals surface area contributed by atoms with Crippen molar-refractivity contribution in [3.05, 3.63) is 16.9 Å². The second-order valence-electron chi connectivity index (χ2n) is 2.96. The van der Waals surface area contributed by atoms with Gasteiger partial charge in [0.15, 0.2) is 0 Å². The monoisotopic (exact) mass is 188 g/mol. The topological polar surface area (TPSA) is 38.0 Å². The molecule has 0 aliphatic carbocycles. The van der Waals surface area contributed by atoms with Crippen molar-refractivity contribution < 1.29 is 5.11 Å². The van der Waals surface area contributed by atoms with E-state index in [4.69, 9.17) is 16.7 Å². The highest BCUT2D eigenvalue weighted by atomic mass is 35.5. The number of aliphatic hydroxyl groups excluding tert-OH is 1. The summed E-state index contributed by atoms with van der Waals surface area (Å²) in [5, 5.41) is 13.9. The molecule has 0 bridgehead atoms. The van der Waals surface area contributed by atoms with Crippen molar-refractivity contribution in [3.8, 4) is 0 Å². The molecular weight excluding hydrogens is 176 g/mol. The van der Waals surface area contributed by atoms with Crippen LogP contribution >= 0.6 is 11.6 Å². The van der Waals surface area contributed by atoms with Crippen LogP contribution in [0.15, 0.2) is 6.20 Å². The fourth-order valence-electron chi connectivity index (χ4n) is 0.927. The second-order valence-corrected chi connectivity index (χ2v) is 3.37. The zero-order valence-electron chi connectivity index (χ0n) is 7.29. The number of aliphatic hydroxyl groups is 1. The van der Waals surface area contributed by atoms with Crippen LogP contribution in [0.2, 0.25) is 5.02 Å². The Labute approximate surface area is 77.0 Å². The van der Waals surface area contributed by atoms with Gasteiger partial charge in [-0.2, -0.15) is 5.10 Å². The number of aryl methyl sites for hydroxylation is 2. The molecule has 0 aliphatic rings. The second kappa shape index (κ2) is 3.92. The molecule has 0 amide bonds. The van der Waals surface area contributed by atoms with Crippen LogP contribution in [0.5, 0.6) is 0 Å². The highest BCUT2D eigenvalue weighted by Gasteiger charge is 2.02. The summed E-state index contributed by atoms with van der Waals surface area (Å²) in [5.74, 6) is 0. The van der Waals surface area contributed by atoms with E-state index < -0.39 is 0 Å². The van der Waals surface area contributed by atoms with Gasteiger partial charge in [-0.05, 0) is 20.3 Å². The maximum Gasteiger partial charge on any atom is 0.0814 e. The van der Waals surface area contributed by atoms with E-state index in [0.717, 1.165) is 5.69 Å². The minimum atomic E-state index is -0.284. The summed E-state index contributed by atoms with van der Waals surface area (Å²) in [4.78, 5) is 0. The minimum absolute atomic E-state index is 0.284. The van der Waals surface area contributed by atoms with Crippen LogP contribution in [-0.4, -0.2) is 21.0 Å². The molecule has 0 fully saturated rings. The Morgan fingerprint density at radius 2 is 2.42 bits per heavy atom. The number of hydrogen-bond acceptors (Lipinski definition) is 2. The quantitative estimate of drug-likeness (QED) is 0.783. The van der Waals surface area contributed by atoms with Gasteiger partial charge in [-0.15, -0.1) is 0 Å². The van der Waals surface area contributed by atoms with E-state index >= 15 is 0 Å². The predicted molar refractivity (Wildman–Crippen MR) is 48.3 cm³/mol. The Kier molecular flexibility index (Phi) is 3.12. The third-order valence-corrected chi connectivity index (χ3v) is 2.03. The Bertz CT molecular complexity index is 238. The zero-order valence-corrected chi connectivity index (χ0v) is 8.04. The first-order chi connectivity index (χ1) is 5.59. The van der Waals surface area contributed by atoms with Gasteiger partial charge in [0.25, 0.3) is 0 Å². The van der Waals surface area contributed by atoms with Gasteiger partial charge in [0.05, 0.1) is 16.8 Å². The molecule has 0 aliphatic heterocycles. The molecule has 0 radical (unpaired) electrons. The molecule has 0 saturated heterocycles. The first-order valence-electron chi connectivity index (χ1n) is 3.97. The van der Waals surface area contributed by atoms with Crippen molar-refractivity contribution in [2.75, 3.05) is 0 Å². The smallest absolute Gasteiger partial charge is 0.0814 e. The lowest BCUT2D eigenvalue weighted by molar-refractivity contribution is 0.176. The molecule has 0 saturated carbocycles. The summed E-state index contributed by atoms with van der Waals surface area (Å²) >= 11 is 5.80. The molecule has 0 spiro atoms. The van der Waals surface area contributed by atoms with Crippen molar-refractivity contribution in [1.82, 2.24) is 9.78 Å². The number of aromatic nitrogens is 2. The molecule has 1 aromatic rings. The lowest BCUT2D eigenvalue weighted by Gasteiger charge is -2.02. The molecule has 3 nitrogen and oxygen atoms in total. The highest BCUT2D eigenvalue weighted by Crippen LogP contribution is 2.12. The highest BCUT2D eigenvalue weighted by molar-refractivity contribution is 6.31. The van der Waals surface area contributed by atoms with Crippen molar-refractivity contribution in [2.24, 2.45) is 0 Å². The Balaban J connectivity index is 2.53. The molecule has 0 aromatic carbocycles. The van der Waals surface area contributed by atoms with Crippen LogP contribution in [-0.2, 0) is 6.54 Å². The molecule has 68 valence electrons. The molecule has 1 atom stereocenters. The summed E-state index contributed by atoms with van der Waals surface area (Å²) in [6.45, 7) is 4.34. The Morgan fingerprint density at radius 1 is 1.75 bits per heavy atom. The normalized spacial score (nSPS) is 13.3. The van der Waals surface area contributed by atoms with Gasteiger partial charge in [-0.3, -0.25) is 4.68 Å². The largest absolute Gasteiger partial charge is 0.393 e. The van der Waals surface area contributed by atoms with Crippen molar-refractivity contribution in [3.63, 3.8) is 0 Å². The predicted octanol–water partition coefficient (Wildman–Crippen LogP) is 1.62. The van der Waals surface area contributed by atoms with Crippen LogP contribution in [0.3, 0.4) is 0 Å². The molecule has 1 rings (SSSR count). The average Bonchev–Trinajstić information content (AvgIpc) is 2.28. The van der Waals surface area contributed by atoms with Gasteiger partial charge in [-0.25, -0.2) is 0 Å². The number of nitrogens with zero attached hydrogens (tertiary/aromatic N) is 2. The van der Waals surface area contributed by atoms with Crippen LogP contribution in [0.4, 0.5) is 0 Å². The lowest BCUT2D eigenvalue weighted by atomic mass is 10.3. The number of halogens is 1. The van der Waals surface area contributed by atoms with Gasteiger partial charge in [0.1, 0.15) is 0 Å². The molecule has 4 heteroatoms. The van der Waals surface area contributed by atoms with E-state index in [1.54, 1.807) is 17.8 Å². The maximum atomic E-state index is 9.02. The Hall–Kier alpha value is -0.540. The zero-order chi connectivity index (χ0) is 9.14. The van der Waals surface area contributed by atoms with Crippen LogP contribution in [0.1, 0.15) is 19.0 Å². The molecule has 12 heavy (non-hydrogen) atoms. The van der Waals surface area contributed by atoms with Gasteiger partial charge in [-0.1, -0.05) is 11.6 Å². The van der Waals surface area contributed by atoms with E-state index in [1.165, 1.54) is 0 Å². The summed E-state index contributed by atoms with van der Waals surface area (Å²) in [7, 11) is 0. The van der Waals surface area contributed by atoms with Gasteiger partial charge in [0, 0.05) is 12.7 Å². The van der Waals surface area contributed by atoms with Crippen LogP contribution in [0, 0.1) is 6.92 Å². The minimum Gasteiger partial charge on any atom is -0.393 e. The first-order valence-corrected chi connectivity index (χ1v) is 4.35. The van der Waals surface area contributed by atoms with Gasteiger partial charge < -0.3 is 5.11 Å². The molecular formula is C8H13ClN2O. The fourth-order valence-corrected chi connectivity index (χ4v) is 1.08. The van der Waals surface area contributed by atoms with Crippen molar-refractivity contribution >= 4 is 11.6 Å². The maximum absolute atomic E-state index is 9.02. The van der Waals surface area contributed by atoms with E-state index in [1.807, 2.05) is 6.92 Å². The average molecular weight is 189 g/mol. The lowest BCUT2D eigenvalue weighted by Crippen LogP contribution is -2.07. The molecule has 1 aromatic heterocycles. The van der Waals surface area contributed by atoms with E-state index in [0.29, 0.717) is 18.0 Å². The summed E-state index contributed by atoms with van der Waals surface area (Å²) < 4.78 is 1.75. The van der Waals surface area contributed by atoms with E-state index in [-0.39, 0.29) is 6.10 Å². The summed E-state index contributed by atoms with van der Waals surface area (Å²) in [5.41, 5.74) is 0.835. The third kappa shape index (κ3) is 2.50. The van der Waals surface area contributed by atoms with Gasteiger partial charge in [0.2, 0.25) is 0 Å². The van der Waals surface area contributed by atoms with Gasteiger partial charge >= 0.3 is 0 Å². The third-order valence-electron chi connectivity index (χ3n) is 1.66. The molecule has 1 heterocycles. The van der Waals surface area contributed by atoms with Crippen LogP contribution < -0.4 is 0 Å². The van der Waals surface area contributed by atoms with Crippen molar-refractivity contribution in [1.29, 1.82) is 0 Å². The summed E-state index contributed by atoms with van der Waals surface area (Å²) in [6.07, 6.45) is 2.20. The molecule has 1 unspecified atom stereocenters. The van der Waals surface area contributed by atoms with Crippen LogP contribution in [0.25, 0.3) is 0 Å². The number of hydrogen-bond donors (Lipinski definition) is 1. The standard InChI is InChI=1S/C8H13ClN2O/c1-6(12)3-4-11-5-8(9)7(2)10-11/h5-6,12H,3-4H2,1-2H3. The fraction of sp³-hybridized carbons (Fsp3) is 0.625. The number of rotatable bonds is 3. The SMILES string of the molecule is Cc1nn(CCC(C)O)cc1Cl. The van der Waals surface area contributed by atoms with E-state index in [2.05, 4.69) is 5.10 Å². The summed E-state index contributed by atoms with van der Waals surface area (Å²) in [6, 6.07) is 0. The molecule has 1 N–H and O–H groups in total. The first kappa shape index (κ1) is 9.55. The van der Waals surface area contributed by atoms with Crippen molar-refractivity contribution in [2.45, 2.75) is 32.9 Å².